The Morgan fingerprint density at radius 3 is 2.73 bits per heavy atom. The number of nitriles is 1. The number of aromatic nitrogens is 3. The molecule has 0 unspecified atom stereocenters. The summed E-state index contributed by atoms with van der Waals surface area (Å²) in [5.74, 6) is -0.992. The highest BCUT2D eigenvalue weighted by molar-refractivity contribution is 7.99. The van der Waals surface area contributed by atoms with Crippen molar-refractivity contribution in [2.24, 2.45) is 0 Å². The molecule has 0 aliphatic rings. The number of nitrogens with zero attached hydrogens (tertiary/aromatic N) is 4. The highest BCUT2D eigenvalue weighted by Gasteiger charge is 2.21. The van der Waals surface area contributed by atoms with Crippen molar-refractivity contribution in [2.75, 3.05) is 0 Å². The predicted octanol–water partition coefficient (Wildman–Crippen LogP) is 5.78. The molecule has 0 aliphatic heterocycles. The maximum Gasteiger partial charge on any atom is 0.335 e. The van der Waals surface area contributed by atoms with E-state index >= 15 is 0 Å². The number of carboxylic acids is 1. The maximum absolute atomic E-state index is 11.3. The molecular formula is C22H17ClN4O2S. The second kappa shape index (κ2) is 7.90. The summed E-state index contributed by atoms with van der Waals surface area (Å²) in [7, 11) is 0. The molecule has 2 heterocycles. The molecule has 0 saturated carbocycles. The highest BCUT2D eigenvalue weighted by Crippen LogP contribution is 2.40. The van der Waals surface area contributed by atoms with E-state index in [2.05, 4.69) is 11.2 Å². The number of hydrogen-bond acceptors (Lipinski definition) is 4. The van der Waals surface area contributed by atoms with Crippen molar-refractivity contribution in [1.82, 2.24) is 14.3 Å². The van der Waals surface area contributed by atoms with Crippen LogP contribution in [0.1, 0.15) is 35.9 Å². The van der Waals surface area contributed by atoms with Crippen molar-refractivity contribution in [1.29, 1.82) is 5.26 Å². The summed E-state index contributed by atoms with van der Waals surface area (Å²) in [5, 5.41) is 25.1. The normalized spacial score (nSPS) is 11.2. The van der Waals surface area contributed by atoms with E-state index in [1.165, 1.54) is 11.8 Å². The minimum absolute atomic E-state index is 0.183. The monoisotopic (exact) mass is 436 g/mol. The molecule has 0 fully saturated rings. The molecule has 0 saturated heterocycles. The first-order valence-electron chi connectivity index (χ1n) is 9.19. The van der Waals surface area contributed by atoms with Crippen LogP contribution in [0.2, 0.25) is 5.02 Å². The second-order valence-corrected chi connectivity index (χ2v) is 8.51. The van der Waals surface area contributed by atoms with E-state index in [0.717, 1.165) is 26.4 Å². The number of carboxylic acid groups (broad SMARTS) is 1. The number of halogens is 1. The van der Waals surface area contributed by atoms with Crippen molar-refractivity contribution in [3.8, 4) is 11.8 Å². The SMILES string of the molecule is CC(C)n1cc(-n2c(C#N)c(Sc3cccc(C(=O)O)c3)c3ccc(Cl)cc32)cn1. The van der Waals surface area contributed by atoms with Gasteiger partial charge >= 0.3 is 5.97 Å². The lowest BCUT2D eigenvalue weighted by atomic mass is 10.2. The fourth-order valence-electron chi connectivity index (χ4n) is 3.24. The zero-order valence-corrected chi connectivity index (χ0v) is 17.8. The first-order chi connectivity index (χ1) is 14.4. The largest absolute Gasteiger partial charge is 0.478 e. The fourth-order valence-corrected chi connectivity index (χ4v) is 4.49. The number of rotatable bonds is 5. The fraction of sp³-hybridized carbons (Fsp3) is 0.136. The van der Waals surface area contributed by atoms with E-state index in [1.54, 1.807) is 30.5 Å². The molecule has 8 heteroatoms. The molecule has 30 heavy (non-hydrogen) atoms. The zero-order chi connectivity index (χ0) is 21.4. The smallest absolute Gasteiger partial charge is 0.335 e. The molecular weight excluding hydrogens is 420 g/mol. The van der Waals surface area contributed by atoms with Gasteiger partial charge in [0.2, 0.25) is 0 Å². The highest BCUT2D eigenvalue weighted by atomic mass is 35.5. The van der Waals surface area contributed by atoms with Gasteiger partial charge in [0.05, 0.1) is 27.9 Å². The van der Waals surface area contributed by atoms with Gasteiger partial charge in [-0.05, 0) is 44.2 Å². The summed E-state index contributed by atoms with van der Waals surface area (Å²) >= 11 is 7.62. The van der Waals surface area contributed by atoms with Crippen LogP contribution in [0.5, 0.6) is 0 Å². The molecule has 4 aromatic rings. The van der Waals surface area contributed by atoms with Crippen LogP contribution in [-0.2, 0) is 0 Å². The summed E-state index contributed by atoms with van der Waals surface area (Å²) in [4.78, 5) is 12.8. The van der Waals surface area contributed by atoms with Crippen molar-refractivity contribution in [3.05, 3.63) is 71.1 Å². The lowest BCUT2D eigenvalue weighted by molar-refractivity contribution is 0.0696. The Hall–Kier alpha value is -3.21. The number of fused-ring (bicyclic) bond motifs is 1. The Morgan fingerprint density at radius 1 is 1.27 bits per heavy atom. The van der Waals surface area contributed by atoms with Crippen molar-refractivity contribution in [2.45, 2.75) is 29.7 Å². The average molecular weight is 437 g/mol. The third-order valence-corrected chi connectivity index (χ3v) is 6.01. The Kier molecular flexibility index (Phi) is 5.29. The summed E-state index contributed by atoms with van der Waals surface area (Å²) < 4.78 is 3.67. The first kappa shape index (κ1) is 20.1. The number of aromatic carboxylic acids is 1. The van der Waals surface area contributed by atoms with Gasteiger partial charge in [-0.3, -0.25) is 9.25 Å². The van der Waals surface area contributed by atoms with Crippen LogP contribution in [0, 0.1) is 11.3 Å². The molecule has 0 aliphatic carbocycles. The van der Waals surface area contributed by atoms with Crippen molar-refractivity contribution in [3.63, 3.8) is 0 Å². The van der Waals surface area contributed by atoms with Crippen molar-refractivity contribution < 1.29 is 9.90 Å². The lowest BCUT2D eigenvalue weighted by Gasteiger charge is -2.06. The summed E-state index contributed by atoms with van der Waals surface area (Å²) in [6, 6.07) is 14.6. The van der Waals surface area contributed by atoms with Gasteiger partial charge in [-0.1, -0.05) is 35.5 Å². The molecule has 6 nitrogen and oxygen atoms in total. The third kappa shape index (κ3) is 3.56. The Bertz CT molecular complexity index is 1320. The minimum atomic E-state index is -0.992. The van der Waals surface area contributed by atoms with Crippen LogP contribution in [0.4, 0.5) is 0 Å². The van der Waals surface area contributed by atoms with E-state index in [-0.39, 0.29) is 11.6 Å². The molecule has 0 bridgehead atoms. The Balaban J connectivity index is 1.93. The van der Waals surface area contributed by atoms with Gasteiger partial charge in [0.1, 0.15) is 11.8 Å². The molecule has 2 aromatic carbocycles. The lowest BCUT2D eigenvalue weighted by Crippen LogP contribution is -2.01. The van der Waals surface area contributed by atoms with Crippen LogP contribution in [0.15, 0.2) is 64.6 Å². The van der Waals surface area contributed by atoms with Gasteiger partial charge in [-0.2, -0.15) is 10.4 Å². The van der Waals surface area contributed by atoms with Gasteiger partial charge in [-0.15, -0.1) is 0 Å². The molecule has 2 aromatic heterocycles. The molecule has 1 N–H and O–H groups in total. The average Bonchev–Trinajstić information content (AvgIpc) is 3.31. The van der Waals surface area contributed by atoms with Gasteiger partial charge in [-0.25, -0.2) is 4.79 Å². The molecule has 0 atom stereocenters. The molecule has 0 radical (unpaired) electrons. The van der Waals surface area contributed by atoms with E-state index in [1.807, 2.05) is 47.5 Å². The standard InChI is InChI=1S/C22H17ClN4O2S/c1-13(2)26-12-16(11-25-26)27-19-9-15(23)6-7-18(19)21(20(27)10-24)30-17-5-3-4-14(8-17)22(28)29/h3-9,11-13H,1-2H3,(H,28,29). The minimum Gasteiger partial charge on any atom is -0.478 e. The molecule has 150 valence electrons. The third-order valence-electron chi connectivity index (χ3n) is 4.67. The van der Waals surface area contributed by atoms with Crippen LogP contribution >= 0.6 is 23.4 Å². The molecule has 0 spiro atoms. The van der Waals surface area contributed by atoms with Gasteiger partial charge < -0.3 is 5.11 Å². The van der Waals surface area contributed by atoms with Crippen LogP contribution in [0.3, 0.4) is 0 Å². The maximum atomic E-state index is 11.3. The van der Waals surface area contributed by atoms with Gasteiger partial charge in [0.15, 0.2) is 0 Å². The quantitative estimate of drug-likeness (QED) is 0.428. The topological polar surface area (TPSA) is 83.8 Å². The van der Waals surface area contributed by atoms with Crippen LogP contribution in [-0.4, -0.2) is 25.4 Å². The molecule has 0 amide bonds. The van der Waals surface area contributed by atoms with E-state index in [4.69, 9.17) is 11.6 Å². The Morgan fingerprint density at radius 2 is 2.07 bits per heavy atom. The van der Waals surface area contributed by atoms with E-state index in [9.17, 15) is 15.2 Å². The van der Waals surface area contributed by atoms with E-state index < -0.39 is 5.97 Å². The number of benzene rings is 2. The predicted molar refractivity (Wildman–Crippen MR) is 117 cm³/mol. The second-order valence-electron chi connectivity index (χ2n) is 6.99. The van der Waals surface area contributed by atoms with Gasteiger partial charge in [0.25, 0.3) is 0 Å². The number of hydrogen-bond donors (Lipinski definition) is 1. The molecule has 4 rings (SSSR count). The summed E-state index contributed by atoms with van der Waals surface area (Å²) in [6.07, 6.45) is 3.62. The number of carbonyl (C=O) groups is 1. The van der Waals surface area contributed by atoms with Crippen LogP contribution < -0.4 is 0 Å². The van der Waals surface area contributed by atoms with E-state index in [0.29, 0.717) is 10.7 Å². The van der Waals surface area contributed by atoms with Gasteiger partial charge in [0, 0.05) is 27.5 Å². The summed E-state index contributed by atoms with van der Waals surface area (Å²) in [6.45, 7) is 4.06. The summed E-state index contributed by atoms with van der Waals surface area (Å²) in [5.41, 5.74) is 2.20. The Labute approximate surface area is 182 Å². The van der Waals surface area contributed by atoms with Crippen molar-refractivity contribution >= 4 is 40.2 Å². The van der Waals surface area contributed by atoms with Crippen LogP contribution in [0.25, 0.3) is 16.6 Å². The zero-order valence-electron chi connectivity index (χ0n) is 16.2. The first-order valence-corrected chi connectivity index (χ1v) is 10.4.